The lowest BCUT2D eigenvalue weighted by molar-refractivity contribution is -0.117. The number of rotatable bonds is 5. The number of halogens is 2. The molecule has 148 valence electrons. The van der Waals surface area contributed by atoms with E-state index in [-0.39, 0.29) is 24.9 Å². The summed E-state index contributed by atoms with van der Waals surface area (Å²) in [5, 5.41) is 2.61. The number of hydrogen-bond acceptors (Lipinski definition) is 5. The van der Waals surface area contributed by atoms with Gasteiger partial charge in [-0.15, -0.1) is 0 Å². The van der Waals surface area contributed by atoms with Crippen molar-refractivity contribution < 1.29 is 23.0 Å². The lowest BCUT2D eigenvalue weighted by Crippen LogP contribution is -2.48. The van der Waals surface area contributed by atoms with E-state index in [0.717, 1.165) is 61.9 Å². The molecule has 8 heteroatoms. The molecule has 1 amide bonds. The van der Waals surface area contributed by atoms with Gasteiger partial charge in [0.25, 0.3) is 0 Å². The molecule has 0 saturated carbocycles. The molecule has 0 unspecified atom stereocenters. The monoisotopic (exact) mass is 389 g/mol. The summed E-state index contributed by atoms with van der Waals surface area (Å²) in [5.74, 6) is -0.590. The Balaban J connectivity index is 1.23. The molecule has 2 aromatic rings. The molecule has 6 nitrogen and oxygen atoms in total. The second kappa shape index (κ2) is 8.12. The lowest BCUT2D eigenvalue weighted by atomic mass is 10.1. The van der Waals surface area contributed by atoms with Crippen LogP contribution in [0.25, 0.3) is 0 Å². The first-order valence-corrected chi connectivity index (χ1v) is 9.15. The van der Waals surface area contributed by atoms with E-state index < -0.39 is 11.6 Å². The number of nitrogens with one attached hydrogen (secondary N) is 1. The average molecular weight is 389 g/mol. The van der Waals surface area contributed by atoms with Gasteiger partial charge in [0.2, 0.25) is 12.7 Å². The van der Waals surface area contributed by atoms with Gasteiger partial charge in [0.1, 0.15) is 0 Å². The SMILES string of the molecule is O=C(CN1CCN(Cc2ccc3c(c2)OCO3)CC1)Nc1ccc(F)c(F)c1. The first kappa shape index (κ1) is 18.6. The summed E-state index contributed by atoms with van der Waals surface area (Å²) >= 11 is 0. The van der Waals surface area contributed by atoms with Crippen LogP contribution < -0.4 is 14.8 Å². The summed E-state index contributed by atoms with van der Waals surface area (Å²) in [6, 6.07) is 9.30. The zero-order valence-electron chi connectivity index (χ0n) is 15.3. The van der Waals surface area contributed by atoms with Crippen LogP contribution in [0, 0.1) is 11.6 Å². The largest absolute Gasteiger partial charge is 0.454 e. The zero-order chi connectivity index (χ0) is 19.5. The Morgan fingerprint density at radius 1 is 0.929 bits per heavy atom. The topological polar surface area (TPSA) is 54.0 Å². The summed E-state index contributed by atoms with van der Waals surface area (Å²) in [4.78, 5) is 16.5. The molecule has 0 aromatic heterocycles. The Hall–Kier alpha value is -2.71. The van der Waals surface area contributed by atoms with Gasteiger partial charge in [-0.2, -0.15) is 0 Å². The van der Waals surface area contributed by atoms with E-state index in [0.29, 0.717) is 0 Å². The van der Waals surface area contributed by atoms with Crippen LogP contribution >= 0.6 is 0 Å². The Bertz CT molecular complexity index is 870. The highest BCUT2D eigenvalue weighted by molar-refractivity contribution is 5.92. The van der Waals surface area contributed by atoms with Crippen molar-refractivity contribution in [2.24, 2.45) is 0 Å². The van der Waals surface area contributed by atoms with Gasteiger partial charge in [-0.25, -0.2) is 8.78 Å². The third kappa shape index (κ3) is 4.40. The van der Waals surface area contributed by atoms with Gasteiger partial charge in [0.15, 0.2) is 23.1 Å². The smallest absolute Gasteiger partial charge is 0.238 e. The molecule has 2 aliphatic heterocycles. The zero-order valence-corrected chi connectivity index (χ0v) is 15.3. The number of amides is 1. The van der Waals surface area contributed by atoms with E-state index in [4.69, 9.17) is 9.47 Å². The molecule has 0 aliphatic carbocycles. The Morgan fingerprint density at radius 2 is 1.68 bits per heavy atom. The van der Waals surface area contributed by atoms with E-state index in [1.807, 2.05) is 23.1 Å². The number of ether oxygens (including phenoxy) is 2. The normalized spacial score (nSPS) is 16.9. The van der Waals surface area contributed by atoms with Crippen LogP contribution in [-0.2, 0) is 11.3 Å². The van der Waals surface area contributed by atoms with Crippen molar-refractivity contribution in [1.82, 2.24) is 9.80 Å². The van der Waals surface area contributed by atoms with Crippen molar-refractivity contribution >= 4 is 11.6 Å². The predicted molar refractivity (Wildman–Crippen MR) is 99.3 cm³/mol. The molecule has 2 heterocycles. The van der Waals surface area contributed by atoms with Gasteiger partial charge in [0, 0.05) is 44.5 Å². The molecule has 0 radical (unpaired) electrons. The van der Waals surface area contributed by atoms with Crippen molar-refractivity contribution in [3.8, 4) is 11.5 Å². The molecule has 0 atom stereocenters. The third-order valence-electron chi connectivity index (χ3n) is 4.88. The highest BCUT2D eigenvalue weighted by Gasteiger charge is 2.20. The van der Waals surface area contributed by atoms with Crippen molar-refractivity contribution in [3.05, 3.63) is 53.6 Å². The van der Waals surface area contributed by atoms with Gasteiger partial charge in [-0.1, -0.05) is 6.07 Å². The fourth-order valence-electron chi connectivity index (χ4n) is 3.38. The van der Waals surface area contributed by atoms with Crippen LogP contribution in [0.1, 0.15) is 5.56 Å². The van der Waals surface area contributed by atoms with E-state index >= 15 is 0 Å². The van der Waals surface area contributed by atoms with Crippen molar-refractivity contribution in [1.29, 1.82) is 0 Å². The molecule has 2 aliphatic rings. The molecule has 1 saturated heterocycles. The Morgan fingerprint density at radius 3 is 2.46 bits per heavy atom. The summed E-state index contributed by atoms with van der Waals surface area (Å²) < 4.78 is 36.9. The highest BCUT2D eigenvalue weighted by Crippen LogP contribution is 2.32. The van der Waals surface area contributed by atoms with Gasteiger partial charge in [-0.3, -0.25) is 14.6 Å². The minimum atomic E-state index is -0.977. The highest BCUT2D eigenvalue weighted by atomic mass is 19.2. The van der Waals surface area contributed by atoms with Crippen LogP contribution in [0.4, 0.5) is 14.5 Å². The van der Waals surface area contributed by atoms with E-state index in [1.54, 1.807) is 0 Å². The van der Waals surface area contributed by atoms with Crippen LogP contribution in [0.15, 0.2) is 36.4 Å². The second-order valence-electron chi connectivity index (χ2n) is 6.92. The fraction of sp³-hybridized carbons (Fsp3) is 0.350. The molecule has 0 spiro atoms. The minimum absolute atomic E-state index is 0.219. The quantitative estimate of drug-likeness (QED) is 0.852. The lowest BCUT2D eigenvalue weighted by Gasteiger charge is -2.34. The second-order valence-corrected chi connectivity index (χ2v) is 6.92. The maximum Gasteiger partial charge on any atom is 0.238 e. The number of carbonyl (C=O) groups is 1. The van der Waals surface area contributed by atoms with Gasteiger partial charge >= 0.3 is 0 Å². The van der Waals surface area contributed by atoms with Crippen LogP contribution in [0.5, 0.6) is 11.5 Å². The Labute approximate surface area is 161 Å². The van der Waals surface area contributed by atoms with Crippen LogP contribution in [0.3, 0.4) is 0 Å². The molecule has 0 bridgehead atoms. The Kier molecular flexibility index (Phi) is 5.40. The van der Waals surface area contributed by atoms with Crippen molar-refractivity contribution in [3.63, 3.8) is 0 Å². The van der Waals surface area contributed by atoms with Crippen LogP contribution in [-0.4, -0.2) is 55.2 Å². The van der Waals surface area contributed by atoms with E-state index in [1.165, 1.54) is 6.07 Å². The molecule has 1 fully saturated rings. The van der Waals surface area contributed by atoms with Gasteiger partial charge < -0.3 is 14.8 Å². The maximum atomic E-state index is 13.2. The number of anilines is 1. The number of benzene rings is 2. The number of piperazine rings is 1. The van der Waals surface area contributed by atoms with E-state index in [9.17, 15) is 13.6 Å². The van der Waals surface area contributed by atoms with Crippen molar-refractivity contribution in [2.75, 3.05) is 44.8 Å². The third-order valence-corrected chi connectivity index (χ3v) is 4.88. The van der Waals surface area contributed by atoms with Gasteiger partial charge in [0.05, 0.1) is 6.54 Å². The van der Waals surface area contributed by atoms with Crippen LogP contribution in [0.2, 0.25) is 0 Å². The van der Waals surface area contributed by atoms with Gasteiger partial charge in [-0.05, 0) is 29.8 Å². The molecular weight excluding hydrogens is 368 g/mol. The average Bonchev–Trinajstić information content (AvgIpc) is 3.14. The number of fused-ring (bicyclic) bond motifs is 1. The van der Waals surface area contributed by atoms with Crippen molar-refractivity contribution in [2.45, 2.75) is 6.54 Å². The number of hydrogen-bond donors (Lipinski definition) is 1. The van der Waals surface area contributed by atoms with E-state index in [2.05, 4.69) is 10.2 Å². The predicted octanol–water partition coefficient (Wildman–Crippen LogP) is 2.45. The summed E-state index contributed by atoms with van der Waals surface area (Å²) in [7, 11) is 0. The summed E-state index contributed by atoms with van der Waals surface area (Å²) in [5.41, 5.74) is 1.42. The minimum Gasteiger partial charge on any atom is -0.454 e. The summed E-state index contributed by atoms with van der Waals surface area (Å²) in [6.07, 6.45) is 0. The molecular formula is C20H21F2N3O3. The number of nitrogens with zero attached hydrogens (tertiary/aromatic N) is 2. The maximum absolute atomic E-state index is 13.2. The first-order chi connectivity index (χ1) is 13.6. The molecule has 1 N–H and O–H groups in total. The fourth-order valence-corrected chi connectivity index (χ4v) is 3.38. The molecule has 4 rings (SSSR count). The first-order valence-electron chi connectivity index (χ1n) is 9.15. The molecule has 28 heavy (non-hydrogen) atoms. The number of carbonyl (C=O) groups excluding carboxylic acids is 1. The standard InChI is InChI=1S/C20H21F2N3O3/c21-16-3-2-15(10-17(16)22)23-20(26)12-25-7-5-24(6-8-25)11-14-1-4-18-19(9-14)28-13-27-18/h1-4,9-10H,5-8,11-13H2,(H,23,26). The summed E-state index contributed by atoms with van der Waals surface area (Å²) in [6.45, 7) is 4.50. The molecule has 2 aromatic carbocycles.